The molecule has 0 saturated heterocycles. The Balaban J connectivity index is 1.54. The van der Waals surface area contributed by atoms with Gasteiger partial charge in [-0.2, -0.15) is 4.98 Å². The predicted molar refractivity (Wildman–Crippen MR) is 101 cm³/mol. The zero-order chi connectivity index (χ0) is 16.4. The molecule has 0 amide bonds. The van der Waals surface area contributed by atoms with Crippen LogP contribution in [-0.2, 0) is 13.0 Å². The van der Waals surface area contributed by atoms with Gasteiger partial charge in [0.15, 0.2) is 0 Å². The molecule has 4 rings (SSSR count). The first-order valence-electron chi connectivity index (χ1n) is 7.95. The lowest BCUT2D eigenvalue weighted by Gasteiger charge is -2.29. The Morgan fingerprint density at radius 3 is 2.58 bits per heavy atom. The Morgan fingerprint density at radius 2 is 1.75 bits per heavy atom. The molecule has 0 unspecified atom stereocenters. The van der Waals surface area contributed by atoms with E-state index in [2.05, 4.69) is 60.4 Å². The number of benzene rings is 2. The SMILES string of the molecule is Brc1ccc(Nc2nccc(N3CCc4ccccc4C3)n2)cc1. The van der Waals surface area contributed by atoms with Gasteiger partial charge in [-0.15, -0.1) is 0 Å². The second-order valence-electron chi connectivity index (χ2n) is 5.81. The number of aromatic nitrogens is 2. The van der Waals surface area contributed by atoms with E-state index in [-0.39, 0.29) is 0 Å². The van der Waals surface area contributed by atoms with Gasteiger partial charge >= 0.3 is 0 Å². The topological polar surface area (TPSA) is 41.1 Å². The lowest BCUT2D eigenvalue weighted by molar-refractivity contribution is 0.720. The lowest BCUT2D eigenvalue weighted by atomic mass is 10.00. The van der Waals surface area contributed by atoms with Gasteiger partial charge in [-0.25, -0.2) is 4.98 Å². The van der Waals surface area contributed by atoms with Crippen LogP contribution in [0.2, 0.25) is 0 Å². The predicted octanol–water partition coefficient (Wildman–Crippen LogP) is 4.55. The molecule has 1 N–H and O–H groups in total. The molecule has 4 nitrogen and oxygen atoms in total. The molecular formula is C19H17BrN4. The van der Waals surface area contributed by atoms with Crippen LogP contribution in [0.5, 0.6) is 0 Å². The number of hydrogen-bond acceptors (Lipinski definition) is 4. The van der Waals surface area contributed by atoms with Crippen LogP contribution in [-0.4, -0.2) is 16.5 Å². The first-order chi connectivity index (χ1) is 11.8. The van der Waals surface area contributed by atoms with Crippen LogP contribution >= 0.6 is 15.9 Å². The number of hydrogen-bond donors (Lipinski definition) is 1. The van der Waals surface area contributed by atoms with Gasteiger partial charge in [0, 0.05) is 29.4 Å². The van der Waals surface area contributed by atoms with Crippen molar-refractivity contribution in [3.63, 3.8) is 0 Å². The number of fused-ring (bicyclic) bond motifs is 1. The largest absolute Gasteiger partial charge is 0.352 e. The van der Waals surface area contributed by atoms with Gasteiger partial charge in [0.05, 0.1) is 0 Å². The van der Waals surface area contributed by atoms with Crippen molar-refractivity contribution in [2.45, 2.75) is 13.0 Å². The van der Waals surface area contributed by atoms with E-state index in [0.29, 0.717) is 5.95 Å². The zero-order valence-electron chi connectivity index (χ0n) is 13.1. The molecular weight excluding hydrogens is 364 g/mol. The van der Waals surface area contributed by atoms with Crippen molar-refractivity contribution in [1.29, 1.82) is 0 Å². The summed E-state index contributed by atoms with van der Waals surface area (Å²) in [5, 5.41) is 3.26. The van der Waals surface area contributed by atoms with Gasteiger partial charge in [0.1, 0.15) is 5.82 Å². The molecule has 0 spiro atoms. The maximum absolute atomic E-state index is 4.68. The van der Waals surface area contributed by atoms with Crippen LogP contribution in [0.15, 0.2) is 65.3 Å². The highest BCUT2D eigenvalue weighted by molar-refractivity contribution is 9.10. The highest BCUT2D eigenvalue weighted by Gasteiger charge is 2.17. The minimum Gasteiger partial charge on any atom is -0.352 e. The van der Waals surface area contributed by atoms with Crippen molar-refractivity contribution < 1.29 is 0 Å². The molecule has 1 aromatic heterocycles. The number of nitrogens with zero attached hydrogens (tertiary/aromatic N) is 3. The third kappa shape index (κ3) is 3.26. The zero-order valence-corrected chi connectivity index (χ0v) is 14.7. The molecule has 0 atom stereocenters. The molecule has 2 aromatic carbocycles. The Kier molecular flexibility index (Phi) is 4.17. The van der Waals surface area contributed by atoms with Crippen molar-refractivity contribution in [1.82, 2.24) is 9.97 Å². The molecule has 0 aliphatic carbocycles. The van der Waals surface area contributed by atoms with Gasteiger partial charge in [0.2, 0.25) is 5.95 Å². The van der Waals surface area contributed by atoms with Crippen LogP contribution in [0, 0.1) is 0 Å². The number of anilines is 3. The van der Waals surface area contributed by atoms with Gasteiger partial charge in [0.25, 0.3) is 0 Å². The van der Waals surface area contributed by atoms with Crippen molar-refractivity contribution in [3.05, 3.63) is 76.4 Å². The van der Waals surface area contributed by atoms with Gasteiger partial charge in [-0.1, -0.05) is 40.2 Å². The summed E-state index contributed by atoms with van der Waals surface area (Å²) in [4.78, 5) is 11.3. The molecule has 1 aliphatic heterocycles. The summed E-state index contributed by atoms with van der Waals surface area (Å²) in [6, 6.07) is 18.6. The molecule has 0 fully saturated rings. The third-order valence-corrected chi connectivity index (χ3v) is 4.72. The van der Waals surface area contributed by atoms with Gasteiger partial charge in [-0.05, 0) is 47.9 Å². The molecule has 5 heteroatoms. The van der Waals surface area contributed by atoms with E-state index in [4.69, 9.17) is 0 Å². The highest BCUT2D eigenvalue weighted by atomic mass is 79.9. The number of rotatable bonds is 3. The maximum atomic E-state index is 4.68. The van der Waals surface area contributed by atoms with E-state index in [1.807, 2.05) is 36.5 Å². The highest BCUT2D eigenvalue weighted by Crippen LogP contribution is 2.24. The average molecular weight is 381 g/mol. The van der Waals surface area contributed by atoms with E-state index in [1.54, 1.807) is 0 Å². The molecule has 120 valence electrons. The van der Waals surface area contributed by atoms with Gasteiger partial charge < -0.3 is 10.2 Å². The summed E-state index contributed by atoms with van der Waals surface area (Å²) in [6.45, 7) is 1.87. The normalized spacial score (nSPS) is 13.5. The monoisotopic (exact) mass is 380 g/mol. The minimum atomic E-state index is 0.619. The second-order valence-corrected chi connectivity index (χ2v) is 6.73. The van der Waals surface area contributed by atoms with E-state index < -0.39 is 0 Å². The molecule has 3 aromatic rings. The summed E-state index contributed by atoms with van der Waals surface area (Å²) in [5.74, 6) is 1.58. The summed E-state index contributed by atoms with van der Waals surface area (Å²) in [6.07, 6.45) is 2.86. The van der Waals surface area contributed by atoms with Crippen LogP contribution in [0.1, 0.15) is 11.1 Å². The Hall–Kier alpha value is -2.40. The van der Waals surface area contributed by atoms with Crippen molar-refractivity contribution in [2.24, 2.45) is 0 Å². The minimum absolute atomic E-state index is 0.619. The third-order valence-electron chi connectivity index (χ3n) is 4.20. The Labute approximate surface area is 149 Å². The fraction of sp³-hybridized carbons (Fsp3) is 0.158. The standard InChI is InChI=1S/C19H17BrN4/c20-16-5-7-17(8-6-16)22-19-21-11-9-18(23-19)24-12-10-14-3-1-2-4-15(14)13-24/h1-9,11H,10,12-13H2,(H,21,22,23). The summed E-state index contributed by atoms with van der Waals surface area (Å²) in [7, 11) is 0. The van der Waals surface area contributed by atoms with E-state index in [9.17, 15) is 0 Å². The summed E-state index contributed by atoms with van der Waals surface area (Å²) in [5.41, 5.74) is 3.79. The average Bonchev–Trinajstić information content (AvgIpc) is 2.63. The van der Waals surface area contributed by atoms with Crippen molar-refractivity contribution in [2.75, 3.05) is 16.8 Å². The molecule has 0 bridgehead atoms. The smallest absolute Gasteiger partial charge is 0.229 e. The van der Waals surface area contributed by atoms with Crippen LogP contribution < -0.4 is 10.2 Å². The summed E-state index contributed by atoms with van der Waals surface area (Å²) < 4.78 is 1.05. The quantitative estimate of drug-likeness (QED) is 0.723. The Bertz CT molecular complexity index is 848. The fourth-order valence-corrected chi connectivity index (χ4v) is 3.20. The number of halogens is 1. The van der Waals surface area contributed by atoms with Crippen molar-refractivity contribution in [3.8, 4) is 0 Å². The molecule has 0 radical (unpaired) electrons. The van der Waals surface area contributed by atoms with Crippen LogP contribution in [0.3, 0.4) is 0 Å². The second kappa shape index (κ2) is 6.61. The van der Waals surface area contributed by atoms with Crippen LogP contribution in [0.4, 0.5) is 17.5 Å². The lowest BCUT2D eigenvalue weighted by Crippen LogP contribution is -2.31. The molecule has 1 aliphatic rings. The Morgan fingerprint density at radius 1 is 0.958 bits per heavy atom. The van der Waals surface area contributed by atoms with Crippen molar-refractivity contribution >= 4 is 33.4 Å². The molecule has 0 saturated carbocycles. The van der Waals surface area contributed by atoms with Crippen LogP contribution in [0.25, 0.3) is 0 Å². The molecule has 24 heavy (non-hydrogen) atoms. The maximum Gasteiger partial charge on any atom is 0.229 e. The van der Waals surface area contributed by atoms with E-state index >= 15 is 0 Å². The van der Waals surface area contributed by atoms with E-state index in [1.165, 1.54) is 11.1 Å². The van der Waals surface area contributed by atoms with Gasteiger partial charge in [-0.3, -0.25) is 0 Å². The van der Waals surface area contributed by atoms with E-state index in [0.717, 1.165) is 35.5 Å². The summed E-state index contributed by atoms with van der Waals surface area (Å²) >= 11 is 3.44. The first-order valence-corrected chi connectivity index (χ1v) is 8.74. The molecule has 2 heterocycles. The fourth-order valence-electron chi connectivity index (χ4n) is 2.94. The first kappa shape index (κ1) is 15.1. The number of nitrogens with one attached hydrogen (secondary N) is 1.